The van der Waals surface area contributed by atoms with Crippen LogP contribution in [0.2, 0.25) is 0 Å². The van der Waals surface area contributed by atoms with Crippen molar-refractivity contribution in [1.29, 1.82) is 0 Å². The van der Waals surface area contributed by atoms with Gasteiger partial charge in [0.05, 0.1) is 22.2 Å². The Balaban J connectivity index is 1.65. The van der Waals surface area contributed by atoms with Gasteiger partial charge in [-0.25, -0.2) is 9.97 Å². The second kappa shape index (κ2) is 8.21. The Hall–Kier alpha value is -4.07. The number of rotatable bonds is 3. The van der Waals surface area contributed by atoms with Crippen molar-refractivity contribution in [3.8, 4) is 17.3 Å². The number of hydrogen-bond donors (Lipinski definition) is 2. The van der Waals surface area contributed by atoms with Gasteiger partial charge in [0.1, 0.15) is 11.4 Å². The number of nitrogens with one attached hydrogen (secondary N) is 1. The molecule has 0 radical (unpaired) electrons. The van der Waals surface area contributed by atoms with Crippen LogP contribution in [0.4, 0.5) is 0 Å². The summed E-state index contributed by atoms with van der Waals surface area (Å²) in [6.45, 7) is 7.93. The molecule has 0 bridgehead atoms. The Bertz CT molecular complexity index is 1830. The van der Waals surface area contributed by atoms with Gasteiger partial charge in [-0.05, 0) is 50.5 Å². The monoisotopic (exact) mass is 533 g/mol. The molecule has 3 heterocycles. The predicted molar refractivity (Wildman–Crippen MR) is 151 cm³/mol. The van der Waals surface area contributed by atoms with Crippen LogP contribution in [0.3, 0.4) is 0 Å². The van der Waals surface area contributed by atoms with E-state index in [2.05, 4.69) is 9.97 Å². The zero-order valence-corrected chi connectivity index (χ0v) is 22.9. The molecule has 2 aromatic heterocycles. The molecule has 2 aliphatic rings. The van der Waals surface area contributed by atoms with E-state index in [9.17, 15) is 9.90 Å². The first-order valence-electron chi connectivity index (χ1n) is 13.0. The molecule has 194 valence electrons. The highest BCUT2D eigenvalue weighted by molar-refractivity contribution is 7.09. The van der Waals surface area contributed by atoms with Gasteiger partial charge < -0.3 is 14.8 Å². The van der Waals surface area contributed by atoms with E-state index in [1.165, 1.54) is 11.3 Å². The summed E-state index contributed by atoms with van der Waals surface area (Å²) < 4.78 is 7.01. The van der Waals surface area contributed by atoms with Crippen LogP contribution in [-0.2, 0) is 11.2 Å². The lowest BCUT2D eigenvalue weighted by Crippen LogP contribution is -2.49. The van der Waals surface area contributed by atoms with Crippen LogP contribution in [0.15, 0.2) is 76.9 Å². The van der Waals surface area contributed by atoms with Crippen LogP contribution in [0.5, 0.6) is 5.75 Å². The van der Waals surface area contributed by atoms with Crippen molar-refractivity contribution in [2.45, 2.75) is 44.8 Å². The van der Waals surface area contributed by atoms with Crippen LogP contribution in [0.25, 0.3) is 11.5 Å². The Morgan fingerprint density at radius 2 is 1.69 bits per heavy atom. The van der Waals surface area contributed by atoms with Crippen molar-refractivity contribution in [3.05, 3.63) is 132 Å². The quantitative estimate of drug-likeness (QED) is 0.306. The first kappa shape index (κ1) is 24.0. The Morgan fingerprint density at radius 1 is 0.949 bits per heavy atom. The molecule has 0 fully saturated rings. The summed E-state index contributed by atoms with van der Waals surface area (Å²) in [5, 5.41) is 16.0. The molecule has 0 saturated heterocycles. The molecule has 7 rings (SSSR count). The molecule has 3 aromatic carbocycles. The molecule has 5 aromatic rings. The normalized spacial score (nSPS) is 22.7. The standard InChI is InChI=1S/C32H27N3O3S/c1-17-10-12-22(13-11-17)32-27(21-8-6-5-7-9-21)25-28(34-29(35-30(25)36)23-16-39-20(4)33-23)31(32,37)26-19(3)14-18(2)15-24(26)38-32/h5-16,27,37H,1-4H3,(H,34,35,36)/t27-,31+,32+/m1/s1. The topological polar surface area (TPSA) is 88.1 Å². The van der Waals surface area contributed by atoms with Gasteiger partial charge in [0.15, 0.2) is 17.0 Å². The lowest BCUT2D eigenvalue weighted by Gasteiger charge is -2.40. The van der Waals surface area contributed by atoms with E-state index >= 15 is 0 Å². The van der Waals surface area contributed by atoms with Gasteiger partial charge in [-0.2, -0.15) is 0 Å². The van der Waals surface area contributed by atoms with Gasteiger partial charge in [0, 0.05) is 16.5 Å². The van der Waals surface area contributed by atoms with Gasteiger partial charge in [-0.15, -0.1) is 11.3 Å². The second-order valence-corrected chi connectivity index (χ2v) is 11.7. The molecule has 1 aliphatic carbocycles. The number of benzene rings is 3. The SMILES string of the molecule is Cc1ccc([C@@]23Oc4cc(C)cc(C)c4[C@]2(O)c2nc(-c4csc(C)n4)[nH]c(=O)c2[C@H]3c2ccccc2)cc1. The Labute approximate surface area is 230 Å². The summed E-state index contributed by atoms with van der Waals surface area (Å²) in [5.74, 6) is 0.313. The van der Waals surface area contributed by atoms with E-state index in [4.69, 9.17) is 9.72 Å². The minimum absolute atomic E-state index is 0.307. The van der Waals surface area contributed by atoms with Gasteiger partial charge in [0.25, 0.3) is 5.56 Å². The van der Waals surface area contributed by atoms with Crippen molar-refractivity contribution in [1.82, 2.24) is 15.0 Å². The maximum absolute atomic E-state index is 14.1. The summed E-state index contributed by atoms with van der Waals surface area (Å²) in [5.41, 5.74) is 3.18. The minimum atomic E-state index is -1.74. The van der Waals surface area contributed by atoms with Crippen LogP contribution < -0.4 is 10.3 Å². The first-order valence-corrected chi connectivity index (χ1v) is 13.8. The Kier molecular flexibility index (Phi) is 5.06. The zero-order valence-electron chi connectivity index (χ0n) is 22.1. The molecule has 2 N–H and O–H groups in total. The molecule has 0 spiro atoms. The third-order valence-corrected chi connectivity index (χ3v) is 8.86. The number of hydrogen-bond acceptors (Lipinski definition) is 6. The van der Waals surface area contributed by atoms with Crippen molar-refractivity contribution in [2.24, 2.45) is 0 Å². The molecule has 6 nitrogen and oxygen atoms in total. The van der Waals surface area contributed by atoms with Gasteiger partial charge in [-0.1, -0.05) is 66.2 Å². The van der Waals surface area contributed by atoms with Crippen molar-refractivity contribution < 1.29 is 9.84 Å². The molecule has 39 heavy (non-hydrogen) atoms. The van der Waals surface area contributed by atoms with Crippen LogP contribution in [-0.4, -0.2) is 20.1 Å². The van der Waals surface area contributed by atoms with E-state index in [0.717, 1.165) is 32.8 Å². The lowest BCUT2D eigenvalue weighted by atomic mass is 9.69. The molecule has 0 unspecified atom stereocenters. The molecule has 1 aliphatic heterocycles. The van der Waals surface area contributed by atoms with Gasteiger partial charge in [-0.3, -0.25) is 4.79 Å². The average Bonchev–Trinajstić information content (AvgIpc) is 3.52. The van der Waals surface area contributed by atoms with E-state index in [0.29, 0.717) is 34.1 Å². The molecular weight excluding hydrogens is 506 g/mol. The molecule has 0 amide bonds. The predicted octanol–water partition coefficient (Wildman–Crippen LogP) is 5.80. The smallest absolute Gasteiger partial charge is 0.255 e. The van der Waals surface area contributed by atoms with Crippen molar-refractivity contribution >= 4 is 11.3 Å². The van der Waals surface area contributed by atoms with Gasteiger partial charge in [0.2, 0.25) is 0 Å². The number of fused-ring (bicyclic) bond motifs is 5. The number of aromatic amines is 1. The number of ether oxygens (including phenoxy) is 1. The van der Waals surface area contributed by atoms with Crippen LogP contribution in [0, 0.1) is 27.7 Å². The highest BCUT2D eigenvalue weighted by Gasteiger charge is 2.73. The van der Waals surface area contributed by atoms with Crippen LogP contribution in [0.1, 0.15) is 55.6 Å². The maximum Gasteiger partial charge on any atom is 0.255 e. The second-order valence-electron chi connectivity index (χ2n) is 10.6. The number of H-pyrrole nitrogens is 1. The maximum atomic E-state index is 14.1. The van der Waals surface area contributed by atoms with E-state index in [1.54, 1.807) is 0 Å². The minimum Gasteiger partial charge on any atom is -0.477 e. The summed E-state index contributed by atoms with van der Waals surface area (Å²) in [4.78, 5) is 26.6. The summed E-state index contributed by atoms with van der Waals surface area (Å²) in [7, 11) is 0. The third kappa shape index (κ3) is 3.14. The summed E-state index contributed by atoms with van der Waals surface area (Å²) >= 11 is 1.48. The van der Waals surface area contributed by atoms with Crippen molar-refractivity contribution in [2.75, 3.05) is 0 Å². The largest absolute Gasteiger partial charge is 0.477 e. The average molecular weight is 534 g/mol. The fourth-order valence-corrected chi connectivity index (χ4v) is 7.17. The molecule has 7 heteroatoms. The zero-order chi connectivity index (χ0) is 27.1. The number of aryl methyl sites for hydroxylation is 4. The molecule has 0 saturated carbocycles. The molecular formula is C32H27N3O3S. The number of aromatic nitrogens is 3. The van der Waals surface area contributed by atoms with E-state index < -0.39 is 17.1 Å². The number of aliphatic hydroxyl groups is 1. The number of thiazole rings is 1. The Morgan fingerprint density at radius 3 is 2.38 bits per heavy atom. The fourth-order valence-electron chi connectivity index (χ4n) is 6.57. The van der Waals surface area contributed by atoms with E-state index in [1.807, 2.05) is 99.8 Å². The van der Waals surface area contributed by atoms with Crippen LogP contribution >= 0.6 is 11.3 Å². The molecule has 3 atom stereocenters. The fraction of sp³-hybridized carbons (Fsp3) is 0.219. The summed E-state index contributed by atoms with van der Waals surface area (Å²) in [6.07, 6.45) is 0. The number of nitrogens with zero attached hydrogens (tertiary/aromatic N) is 2. The van der Waals surface area contributed by atoms with E-state index in [-0.39, 0.29) is 5.56 Å². The highest BCUT2D eigenvalue weighted by Crippen LogP contribution is 2.68. The van der Waals surface area contributed by atoms with Gasteiger partial charge >= 0.3 is 0 Å². The first-order chi connectivity index (χ1) is 18.7. The highest BCUT2D eigenvalue weighted by atomic mass is 32.1. The third-order valence-electron chi connectivity index (χ3n) is 8.08. The lowest BCUT2D eigenvalue weighted by molar-refractivity contribution is -0.0905. The summed E-state index contributed by atoms with van der Waals surface area (Å²) in [6, 6.07) is 21.8. The van der Waals surface area contributed by atoms with Crippen molar-refractivity contribution in [3.63, 3.8) is 0 Å².